The highest BCUT2D eigenvalue weighted by molar-refractivity contribution is 5.92. The first kappa shape index (κ1) is 15.1. The van der Waals surface area contributed by atoms with Crippen molar-refractivity contribution in [3.05, 3.63) is 60.2 Å². The van der Waals surface area contributed by atoms with E-state index in [1.807, 2.05) is 61.5 Å². The summed E-state index contributed by atoms with van der Waals surface area (Å²) in [6, 6.07) is 17.4. The summed E-state index contributed by atoms with van der Waals surface area (Å²) in [5.41, 5.74) is 1.90. The summed E-state index contributed by atoms with van der Waals surface area (Å²) in [4.78, 5) is 11.9. The molecule has 1 amide bonds. The normalized spacial score (nSPS) is 10.1. The van der Waals surface area contributed by atoms with Crippen molar-refractivity contribution in [1.82, 2.24) is 5.32 Å². The molecule has 0 aliphatic heterocycles. The zero-order chi connectivity index (χ0) is 14.9. The zero-order valence-electron chi connectivity index (χ0n) is 12.1. The molecule has 0 bridgehead atoms. The quantitative estimate of drug-likeness (QED) is 0.822. The monoisotopic (exact) mass is 284 g/mol. The van der Waals surface area contributed by atoms with Gasteiger partial charge < -0.3 is 15.4 Å². The molecule has 2 rings (SSSR count). The maximum atomic E-state index is 11.9. The van der Waals surface area contributed by atoms with Crippen molar-refractivity contribution >= 4 is 11.6 Å². The second-order valence-electron chi connectivity index (χ2n) is 4.60. The molecule has 0 saturated heterocycles. The molecule has 2 N–H and O–H groups in total. The summed E-state index contributed by atoms with van der Waals surface area (Å²) in [6.45, 7) is 3.48. The molecule has 0 fully saturated rings. The fourth-order valence-corrected chi connectivity index (χ4v) is 1.95. The van der Waals surface area contributed by atoms with Gasteiger partial charge in [-0.3, -0.25) is 4.79 Å². The average Bonchev–Trinajstić information content (AvgIpc) is 2.49. The van der Waals surface area contributed by atoms with Gasteiger partial charge in [0.05, 0.1) is 13.2 Å². The largest absolute Gasteiger partial charge is 0.494 e. The highest BCUT2D eigenvalue weighted by atomic mass is 16.5. The van der Waals surface area contributed by atoms with Gasteiger partial charge in [-0.25, -0.2) is 0 Å². The SMILES string of the molecule is CCOc1cccc(NC(=O)CNCc2ccccc2)c1. The number of anilines is 1. The van der Waals surface area contributed by atoms with E-state index in [2.05, 4.69) is 10.6 Å². The second kappa shape index (κ2) is 8.07. The predicted octanol–water partition coefficient (Wildman–Crippen LogP) is 2.81. The predicted molar refractivity (Wildman–Crippen MR) is 84.4 cm³/mol. The Balaban J connectivity index is 1.78. The Morgan fingerprint density at radius 3 is 2.67 bits per heavy atom. The van der Waals surface area contributed by atoms with Gasteiger partial charge in [0, 0.05) is 18.3 Å². The van der Waals surface area contributed by atoms with E-state index >= 15 is 0 Å². The van der Waals surface area contributed by atoms with Crippen molar-refractivity contribution in [1.29, 1.82) is 0 Å². The molecule has 0 saturated carbocycles. The summed E-state index contributed by atoms with van der Waals surface area (Å²) in [6.07, 6.45) is 0. The zero-order valence-corrected chi connectivity index (χ0v) is 12.1. The molecule has 0 radical (unpaired) electrons. The minimum Gasteiger partial charge on any atom is -0.494 e. The fraction of sp³-hybridized carbons (Fsp3) is 0.235. The van der Waals surface area contributed by atoms with Crippen LogP contribution in [-0.2, 0) is 11.3 Å². The van der Waals surface area contributed by atoms with Crippen molar-refractivity contribution < 1.29 is 9.53 Å². The van der Waals surface area contributed by atoms with Crippen molar-refractivity contribution in [2.24, 2.45) is 0 Å². The molecule has 0 heterocycles. The Hall–Kier alpha value is -2.33. The smallest absolute Gasteiger partial charge is 0.238 e. The number of rotatable bonds is 7. The standard InChI is InChI=1S/C17H20N2O2/c1-2-21-16-10-6-9-15(11-16)19-17(20)13-18-12-14-7-4-3-5-8-14/h3-11,18H,2,12-13H2,1H3,(H,19,20). The minimum absolute atomic E-state index is 0.0698. The van der Waals surface area contributed by atoms with Crippen LogP contribution in [0.15, 0.2) is 54.6 Å². The van der Waals surface area contributed by atoms with Gasteiger partial charge in [-0.15, -0.1) is 0 Å². The van der Waals surface area contributed by atoms with Gasteiger partial charge in [-0.05, 0) is 24.6 Å². The number of carbonyl (C=O) groups excluding carboxylic acids is 1. The van der Waals surface area contributed by atoms with Crippen LogP contribution in [0.3, 0.4) is 0 Å². The second-order valence-corrected chi connectivity index (χ2v) is 4.60. The van der Waals surface area contributed by atoms with E-state index < -0.39 is 0 Å². The first-order valence-corrected chi connectivity index (χ1v) is 7.05. The minimum atomic E-state index is -0.0698. The van der Waals surface area contributed by atoms with Crippen molar-refractivity contribution in [2.75, 3.05) is 18.5 Å². The lowest BCUT2D eigenvalue weighted by molar-refractivity contribution is -0.115. The molecule has 21 heavy (non-hydrogen) atoms. The fourth-order valence-electron chi connectivity index (χ4n) is 1.95. The van der Waals surface area contributed by atoms with Crippen LogP contribution in [0.2, 0.25) is 0 Å². The number of amides is 1. The molecule has 110 valence electrons. The topological polar surface area (TPSA) is 50.4 Å². The molecule has 4 heteroatoms. The molecular weight excluding hydrogens is 264 g/mol. The summed E-state index contributed by atoms with van der Waals surface area (Å²) in [7, 11) is 0. The van der Waals surface area contributed by atoms with Crippen molar-refractivity contribution in [3.63, 3.8) is 0 Å². The number of ether oxygens (including phenoxy) is 1. The number of benzene rings is 2. The maximum absolute atomic E-state index is 11.9. The van der Waals surface area contributed by atoms with Crippen LogP contribution in [0.1, 0.15) is 12.5 Å². The van der Waals surface area contributed by atoms with Crippen LogP contribution in [0.25, 0.3) is 0 Å². The van der Waals surface area contributed by atoms with E-state index in [9.17, 15) is 4.79 Å². The van der Waals surface area contributed by atoms with Gasteiger partial charge in [0.1, 0.15) is 5.75 Å². The Bertz CT molecular complexity index is 570. The molecule has 4 nitrogen and oxygen atoms in total. The lowest BCUT2D eigenvalue weighted by Crippen LogP contribution is -2.27. The van der Waals surface area contributed by atoms with Crippen LogP contribution in [0, 0.1) is 0 Å². The molecule has 0 atom stereocenters. The van der Waals surface area contributed by atoms with E-state index in [0.717, 1.165) is 17.0 Å². The van der Waals surface area contributed by atoms with Crippen molar-refractivity contribution in [2.45, 2.75) is 13.5 Å². The Morgan fingerprint density at radius 1 is 1.10 bits per heavy atom. The van der Waals surface area contributed by atoms with Gasteiger partial charge in [0.2, 0.25) is 5.91 Å². The average molecular weight is 284 g/mol. The molecular formula is C17H20N2O2. The highest BCUT2D eigenvalue weighted by Crippen LogP contribution is 2.16. The Labute approximate surface area is 125 Å². The molecule has 0 aliphatic rings. The first-order chi connectivity index (χ1) is 10.3. The van der Waals surface area contributed by atoms with Gasteiger partial charge in [-0.2, -0.15) is 0 Å². The molecule has 2 aromatic rings. The number of hydrogen-bond acceptors (Lipinski definition) is 3. The third-order valence-corrected chi connectivity index (χ3v) is 2.89. The summed E-state index contributed by atoms with van der Waals surface area (Å²) < 4.78 is 5.40. The molecule has 0 spiro atoms. The highest BCUT2D eigenvalue weighted by Gasteiger charge is 2.03. The van der Waals surface area contributed by atoms with Gasteiger partial charge in [-0.1, -0.05) is 36.4 Å². The summed E-state index contributed by atoms with van der Waals surface area (Å²) in [5.74, 6) is 0.687. The lowest BCUT2D eigenvalue weighted by Gasteiger charge is -2.09. The number of carbonyl (C=O) groups is 1. The molecule has 0 aliphatic carbocycles. The van der Waals surface area contributed by atoms with Gasteiger partial charge in [0.15, 0.2) is 0 Å². The van der Waals surface area contributed by atoms with Gasteiger partial charge >= 0.3 is 0 Å². The maximum Gasteiger partial charge on any atom is 0.238 e. The van der Waals surface area contributed by atoms with Crippen LogP contribution < -0.4 is 15.4 Å². The van der Waals surface area contributed by atoms with Crippen LogP contribution in [0.5, 0.6) is 5.75 Å². The third kappa shape index (κ3) is 5.28. The summed E-state index contributed by atoms with van der Waals surface area (Å²) in [5, 5.41) is 5.96. The third-order valence-electron chi connectivity index (χ3n) is 2.89. The summed E-state index contributed by atoms with van der Waals surface area (Å²) >= 11 is 0. The van der Waals surface area contributed by atoms with E-state index in [0.29, 0.717) is 13.2 Å². The van der Waals surface area contributed by atoms with Crippen LogP contribution in [0.4, 0.5) is 5.69 Å². The first-order valence-electron chi connectivity index (χ1n) is 7.05. The van der Waals surface area contributed by atoms with Crippen LogP contribution >= 0.6 is 0 Å². The Kier molecular flexibility index (Phi) is 5.79. The van der Waals surface area contributed by atoms with E-state index in [1.54, 1.807) is 0 Å². The molecule has 0 aromatic heterocycles. The number of hydrogen-bond donors (Lipinski definition) is 2. The van der Waals surface area contributed by atoms with Crippen molar-refractivity contribution in [3.8, 4) is 5.75 Å². The van der Waals surface area contributed by atoms with Crippen LogP contribution in [-0.4, -0.2) is 19.1 Å². The molecule has 0 unspecified atom stereocenters. The van der Waals surface area contributed by atoms with E-state index in [1.165, 1.54) is 0 Å². The van der Waals surface area contributed by atoms with E-state index in [4.69, 9.17) is 4.74 Å². The lowest BCUT2D eigenvalue weighted by atomic mass is 10.2. The van der Waals surface area contributed by atoms with Gasteiger partial charge in [0.25, 0.3) is 0 Å². The molecule has 2 aromatic carbocycles. The number of nitrogens with one attached hydrogen (secondary N) is 2. The van der Waals surface area contributed by atoms with E-state index in [-0.39, 0.29) is 12.5 Å². The Morgan fingerprint density at radius 2 is 1.90 bits per heavy atom.